The van der Waals surface area contributed by atoms with Gasteiger partial charge in [-0.1, -0.05) is 29.8 Å². The minimum absolute atomic E-state index is 0.148. The smallest absolute Gasteiger partial charge is 0.416 e. The maximum atomic E-state index is 13.1. The predicted octanol–water partition coefficient (Wildman–Crippen LogP) is 5.88. The normalized spacial score (nSPS) is 16.6. The van der Waals surface area contributed by atoms with E-state index in [-0.39, 0.29) is 27.7 Å². The molecule has 2 heterocycles. The first-order chi connectivity index (χ1) is 15.6. The minimum Gasteiger partial charge on any atom is -0.457 e. The Morgan fingerprint density at radius 1 is 1.12 bits per heavy atom. The summed E-state index contributed by atoms with van der Waals surface area (Å²) in [4.78, 5) is 14.2. The Bertz CT molecular complexity index is 1320. The van der Waals surface area contributed by atoms with Gasteiger partial charge in [0.2, 0.25) is 0 Å². The van der Waals surface area contributed by atoms with Gasteiger partial charge in [0.05, 0.1) is 10.6 Å². The van der Waals surface area contributed by atoms with Crippen molar-refractivity contribution in [3.05, 3.63) is 87.7 Å². The Balaban J connectivity index is 1.80. The Morgan fingerprint density at radius 3 is 2.55 bits per heavy atom. The molecule has 4 rings (SSSR count). The number of benzene rings is 2. The largest absolute Gasteiger partial charge is 0.457 e. The van der Waals surface area contributed by atoms with E-state index in [4.69, 9.17) is 4.42 Å². The summed E-state index contributed by atoms with van der Waals surface area (Å²) in [6, 6.07) is 15.5. The fourth-order valence-corrected chi connectivity index (χ4v) is 4.11. The van der Waals surface area contributed by atoms with Gasteiger partial charge in [-0.3, -0.25) is 4.79 Å². The van der Waals surface area contributed by atoms with Crippen molar-refractivity contribution in [1.82, 2.24) is 5.32 Å². The number of hydrogen-bond acceptors (Lipinski definition) is 5. The van der Waals surface area contributed by atoms with Crippen LogP contribution in [0.25, 0.3) is 11.3 Å². The van der Waals surface area contributed by atoms with Gasteiger partial charge in [-0.15, -0.1) is 12.6 Å². The minimum atomic E-state index is -4.48. The molecular weight excluding hydrogens is 451 g/mol. The van der Waals surface area contributed by atoms with Gasteiger partial charge in [-0.25, -0.2) is 0 Å². The van der Waals surface area contributed by atoms with Crippen LogP contribution in [0.1, 0.15) is 28.6 Å². The molecule has 0 spiro atoms. The van der Waals surface area contributed by atoms with Crippen LogP contribution in [0.5, 0.6) is 0 Å². The highest BCUT2D eigenvalue weighted by Gasteiger charge is 2.36. The van der Waals surface area contributed by atoms with Crippen molar-refractivity contribution < 1.29 is 22.4 Å². The molecule has 1 unspecified atom stereocenters. The van der Waals surface area contributed by atoms with Crippen molar-refractivity contribution in [2.45, 2.75) is 26.2 Å². The van der Waals surface area contributed by atoms with Crippen LogP contribution in [0.4, 0.5) is 18.9 Å². The third-order valence-corrected chi connectivity index (χ3v) is 5.74. The molecule has 0 fully saturated rings. The van der Waals surface area contributed by atoms with Crippen molar-refractivity contribution in [3.8, 4) is 17.4 Å². The van der Waals surface area contributed by atoms with Crippen LogP contribution >= 0.6 is 12.6 Å². The van der Waals surface area contributed by atoms with Crippen LogP contribution in [0, 0.1) is 25.2 Å². The van der Waals surface area contributed by atoms with Gasteiger partial charge >= 0.3 is 6.18 Å². The van der Waals surface area contributed by atoms with E-state index >= 15 is 0 Å². The summed E-state index contributed by atoms with van der Waals surface area (Å²) in [5.74, 6) is -0.133. The molecule has 33 heavy (non-hydrogen) atoms. The lowest BCUT2D eigenvalue weighted by Crippen LogP contribution is -2.46. The molecule has 1 aromatic heterocycles. The lowest BCUT2D eigenvalue weighted by atomic mass is 10.1. The van der Waals surface area contributed by atoms with Crippen molar-refractivity contribution in [3.63, 3.8) is 0 Å². The first-order valence-corrected chi connectivity index (χ1v) is 10.3. The molecule has 3 aromatic rings. The molecule has 0 bridgehead atoms. The van der Waals surface area contributed by atoms with Crippen molar-refractivity contribution in [2.24, 2.45) is 0 Å². The standard InChI is InChI=1S/C24H18F3N3O2S/c1-13-6-7-18(14(2)10-13)30-21(29-22(31)17(12-28)23(30)33)20-9-8-19(32-20)15-4-3-5-16(11-15)24(25,26)27/h3-11,21,33H,1-2H3,(H,29,31). The van der Waals surface area contributed by atoms with Crippen molar-refractivity contribution >= 4 is 24.2 Å². The number of carbonyl (C=O) groups excluding carboxylic acids is 1. The van der Waals surface area contributed by atoms with Gasteiger partial charge in [-0.2, -0.15) is 18.4 Å². The monoisotopic (exact) mass is 469 g/mol. The summed E-state index contributed by atoms with van der Waals surface area (Å²) in [5, 5.41) is 12.3. The van der Waals surface area contributed by atoms with E-state index in [1.165, 1.54) is 12.1 Å². The Hall–Kier alpha value is -3.64. The molecule has 0 aliphatic carbocycles. The molecular formula is C24H18F3N3O2S. The number of furan rings is 1. The summed E-state index contributed by atoms with van der Waals surface area (Å²) in [7, 11) is 0. The fraction of sp³-hybridized carbons (Fsp3) is 0.167. The average Bonchev–Trinajstić information content (AvgIpc) is 3.24. The van der Waals surface area contributed by atoms with Crippen LogP contribution in [-0.2, 0) is 11.0 Å². The lowest BCUT2D eigenvalue weighted by molar-refractivity contribution is -0.137. The average molecular weight is 469 g/mol. The number of halogens is 3. The lowest BCUT2D eigenvalue weighted by Gasteiger charge is -2.37. The number of anilines is 1. The SMILES string of the molecule is Cc1ccc(N2C(S)=C(C#N)C(=O)NC2c2ccc(-c3cccc(C(F)(F)F)c3)o2)c(C)c1. The second-order valence-electron chi connectivity index (χ2n) is 7.63. The summed E-state index contributed by atoms with van der Waals surface area (Å²) in [6.07, 6.45) is -5.34. The second kappa shape index (κ2) is 8.37. The number of nitrogens with one attached hydrogen (secondary N) is 1. The highest BCUT2D eigenvalue weighted by Crippen LogP contribution is 2.39. The van der Waals surface area contributed by atoms with Gasteiger partial charge in [0.15, 0.2) is 6.17 Å². The van der Waals surface area contributed by atoms with E-state index in [1.54, 1.807) is 17.0 Å². The fourth-order valence-electron chi connectivity index (χ4n) is 3.74. The Labute approximate surface area is 193 Å². The zero-order chi connectivity index (χ0) is 23.9. The van der Waals surface area contributed by atoms with Gasteiger partial charge in [0.25, 0.3) is 5.91 Å². The van der Waals surface area contributed by atoms with Crippen LogP contribution in [0.3, 0.4) is 0 Å². The van der Waals surface area contributed by atoms with Gasteiger partial charge < -0.3 is 14.6 Å². The molecule has 2 aromatic carbocycles. The molecule has 0 saturated heterocycles. The number of nitrogens with zero attached hydrogens (tertiary/aromatic N) is 2. The van der Waals surface area contributed by atoms with Crippen LogP contribution < -0.4 is 10.2 Å². The topological polar surface area (TPSA) is 69.3 Å². The number of carbonyl (C=O) groups is 1. The first kappa shape index (κ1) is 22.6. The zero-order valence-electron chi connectivity index (χ0n) is 17.6. The van der Waals surface area contributed by atoms with E-state index in [9.17, 15) is 23.2 Å². The van der Waals surface area contributed by atoms with Crippen LogP contribution in [0.15, 0.2) is 69.6 Å². The number of amides is 1. The zero-order valence-corrected chi connectivity index (χ0v) is 18.5. The maximum Gasteiger partial charge on any atom is 0.416 e. The number of thiol groups is 1. The molecule has 1 amide bonds. The molecule has 0 radical (unpaired) electrons. The number of nitriles is 1. The number of alkyl halides is 3. The predicted molar refractivity (Wildman–Crippen MR) is 120 cm³/mol. The Kier molecular flexibility index (Phi) is 5.72. The number of aryl methyl sites for hydroxylation is 2. The van der Waals surface area contributed by atoms with Crippen LogP contribution in [-0.4, -0.2) is 5.91 Å². The Morgan fingerprint density at radius 2 is 1.88 bits per heavy atom. The van der Waals surface area contributed by atoms with Gasteiger partial charge in [0, 0.05) is 11.3 Å². The molecule has 1 aliphatic rings. The third kappa shape index (κ3) is 4.22. The number of hydrogen-bond donors (Lipinski definition) is 2. The molecule has 1 aliphatic heterocycles. The van der Waals surface area contributed by atoms with Gasteiger partial charge in [0.1, 0.15) is 23.2 Å². The van der Waals surface area contributed by atoms with E-state index in [1.807, 2.05) is 38.1 Å². The highest BCUT2D eigenvalue weighted by molar-refractivity contribution is 7.84. The molecule has 5 nitrogen and oxygen atoms in total. The summed E-state index contributed by atoms with van der Waals surface area (Å²) < 4.78 is 45.2. The van der Waals surface area contributed by atoms with E-state index in [2.05, 4.69) is 17.9 Å². The summed E-state index contributed by atoms with van der Waals surface area (Å²) in [5.41, 5.74) is 1.91. The van der Waals surface area contributed by atoms with Crippen molar-refractivity contribution in [1.29, 1.82) is 5.26 Å². The van der Waals surface area contributed by atoms with E-state index in [0.29, 0.717) is 5.69 Å². The third-order valence-electron chi connectivity index (χ3n) is 5.30. The number of rotatable bonds is 3. The summed E-state index contributed by atoms with van der Waals surface area (Å²) >= 11 is 4.46. The highest BCUT2D eigenvalue weighted by atomic mass is 32.1. The molecule has 1 atom stereocenters. The maximum absolute atomic E-state index is 13.1. The first-order valence-electron chi connectivity index (χ1n) is 9.88. The molecule has 9 heteroatoms. The molecule has 168 valence electrons. The quantitative estimate of drug-likeness (QED) is 0.470. The molecule has 0 saturated carbocycles. The van der Waals surface area contributed by atoms with E-state index in [0.717, 1.165) is 23.3 Å². The van der Waals surface area contributed by atoms with Crippen molar-refractivity contribution in [2.75, 3.05) is 4.90 Å². The van der Waals surface area contributed by atoms with Gasteiger partial charge in [-0.05, 0) is 49.7 Å². The summed E-state index contributed by atoms with van der Waals surface area (Å²) in [6.45, 7) is 3.83. The van der Waals surface area contributed by atoms with E-state index < -0.39 is 23.8 Å². The second-order valence-corrected chi connectivity index (χ2v) is 8.05. The van der Waals surface area contributed by atoms with Crippen LogP contribution in [0.2, 0.25) is 0 Å². The molecule has 1 N–H and O–H groups in total.